The molecule has 1 aromatic heterocycles. The number of aromatic nitrogens is 2. The van der Waals surface area contributed by atoms with E-state index in [1.807, 2.05) is 35.9 Å². The van der Waals surface area contributed by atoms with E-state index in [1.54, 1.807) is 12.1 Å². The van der Waals surface area contributed by atoms with E-state index in [-0.39, 0.29) is 23.4 Å². The fourth-order valence-electron chi connectivity index (χ4n) is 3.43. The van der Waals surface area contributed by atoms with Crippen molar-refractivity contribution in [1.29, 1.82) is 0 Å². The fourth-order valence-corrected chi connectivity index (χ4v) is 4.49. The van der Waals surface area contributed by atoms with E-state index in [0.717, 1.165) is 23.2 Å². The number of rotatable bonds is 7. The smallest absolute Gasteiger partial charge is 0.261 e. The SMILES string of the molecule is Cn1c(CC(=O)NNC(=O)Cc2ccc(NS(=O)(=O)c3ccc(F)cc3)cc2)nc2ccccc21. The molecule has 0 unspecified atom stereocenters. The largest absolute Gasteiger partial charge is 0.331 e. The van der Waals surface area contributed by atoms with Crippen LogP contribution in [0.4, 0.5) is 10.1 Å². The molecule has 0 atom stereocenters. The number of anilines is 1. The van der Waals surface area contributed by atoms with Crippen molar-refractivity contribution in [3.8, 4) is 0 Å². The maximum atomic E-state index is 13.0. The molecule has 0 aliphatic heterocycles. The van der Waals surface area contributed by atoms with Crippen molar-refractivity contribution < 1.29 is 22.4 Å². The van der Waals surface area contributed by atoms with Gasteiger partial charge in [-0.05, 0) is 54.1 Å². The molecule has 0 bridgehead atoms. The van der Waals surface area contributed by atoms with Gasteiger partial charge in [0.2, 0.25) is 11.8 Å². The number of amides is 2. The van der Waals surface area contributed by atoms with Crippen LogP contribution in [0, 0.1) is 5.82 Å². The molecular formula is C24H22FN5O4S. The quantitative estimate of drug-likeness (QED) is 0.340. The summed E-state index contributed by atoms with van der Waals surface area (Å²) in [6.07, 6.45) is -0.0358. The third-order valence-corrected chi connectivity index (χ3v) is 6.63. The molecule has 9 nitrogen and oxygen atoms in total. The molecule has 2 amide bonds. The van der Waals surface area contributed by atoms with Crippen LogP contribution in [0.2, 0.25) is 0 Å². The van der Waals surface area contributed by atoms with Gasteiger partial charge in [0.25, 0.3) is 10.0 Å². The molecule has 0 spiro atoms. The molecule has 3 aromatic carbocycles. The molecule has 0 aliphatic carbocycles. The normalized spacial score (nSPS) is 11.3. The second kappa shape index (κ2) is 9.94. The molecule has 11 heteroatoms. The number of aryl methyl sites for hydroxylation is 1. The zero-order valence-electron chi connectivity index (χ0n) is 18.7. The van der Waals surface area contributed by atoms with E-state index >= 15 is 0 Å². The topological polar surface area (TPSA) is 122 Å². The minimum Gasteiger partial charge on any atom is -0.331 e. The highest BCUT2D eigenvalue weighted by molar-refractivity contribution is 7.92. The van der Waals surface area contributed by atoms with Crippen molar-refractivity contribution >= 4 is 38.6 Å². The lowest BCUT2D eigenvalue weighted by atomic mass is 10.1. The van der Waals surface area contributed by atoms with Crippen LogP contribution in [-0.4, -0.2) is 29.8 Å². The summed E-state index contributed by atoms with van der Waals surface area (Å²) >= 11 is 0. The predicted octanol–water partition coefficient (Wildman–Crippen LogP) is 2.45. The van der Waals surface area contributed by atoms with Gasteiger partial charge in [-0.2, -0.15) is 0 Å². The van der Waals surface area contributed by atoms with Gasteiger partial charge in [0.1, 0.15) is 11.6 Å². The van der Waals surface area contributed by atoms with E-state index in [2.05, 4.69) is 20.6 Å². The Bertz CT molecular complexity index is 1480. The highest BCUT2D eigenvalue weighted by atomic mass is 32.2. The molecular weight excluding hydrogens is 473 g/mol. The first-order chi connectivity index (χ1) is 16.7. The number of benzene rings is 3. The number of carbonyl (C=O) groups is 2. The lowest BCUT2D eigenvalue weighted by Crippen LogP contribution is -2.43. The molecule has 4 aromatic rings. The Labute approximate surface area is 201 Å². The number of imidazole rings is 1. The lowest BCUT2D eigenvalue weighted by molar-refractivity contribution is -0.128. The summed E-state index contributed by atoms with van der Waals surface area (Å²) in [5, 5.41) is 0. The summed E-state index contributed by atoms with van der Waals surface area (Å²) < 4.78 is 42.0. The second-order valence-corrected chi connectivity index (χ2v) is 9.46. The molecule has 35 heavy (non-hydrogen) atoms. The van der Waals surface area contributed by atoms with E-state index in [0.29, 0.717) is 11.4 Å². The average Bonchev–Trinajstić information content (AvgIpc) is 3.14. The van der Waals surface area contributed by atoms with Crippen LogP contribution in [0.3, 0.4) is 0 Å². The van der Waals surface area contributed by atoms with Crippen molar-refractivity contribution in [3.05, 3.63) is 90.0 Å². The van der Waals surface area contributed by atoms with Gasteiger partial charge in [0.05, 0.1) is 28.8 Å². The Morgan fingerprint density at radius 2 is 1.51 bits per heavy atom. The Morgan fingerprint density at radius 3 is 2.17 bits per heavy atom. The molecule has 0 fully saturated rings. The van der Waals surface area contributed by atoms with Crippen LogP contribution < -0.4 is 15.6 Å². The lowest BCUT2D eigenvalue weighted by Gasteiger charge is -2.10. The standard InChI is InChI=1S/C24H22FN5O4S/c1-30-21-5-3-2-4-20(21)26-22(30)15-24(32)28-27-23(31)14-16-6-10-18(11-7-16)29-35(33,34)19-12-8-17(25)9-13-19/h2-13,29H,14-15H2,1H3,(H,27,31)(H,28,32). The maximum absolute atomic E-state index is 13.0. The van der Waals surface area contributed by atoms with Crippen molar-refractivity contribution in [2.24, 2.45) is 7.05 Å². The predicted molar refractivity (Wildman–Crippen MR) is 128 cm³/mol. The van der Waals surface area contributed by atoms with Crippen molar-refractivity contribution in [2.45, 2.75) is 17.7 Å². The van der Waals surface area contributed by atoms with Crippen LogP contribution in [0.25, 0.3) is 11.0 Å². The van der Waals surface area contributed by atoms with E-state index < -0.39 is 27.7 Å². The minimum absolute atomic E-state index is 0.00560. The number of nitrogens with zero attached hydrogens (tertiary/aromatic N) is 2. The number of hydrazine groups is 1. The van der Waals surface area contributed by atoms with Gasteiger partial charge in [-0.1, -0.05) is 24.3 Å². The zero-order valence-corrected chi connectivity index (χ0v) is 19.5. The second-order valence-electron chi connectivity index (χ2n) is 7.78. The van der Waals surface area contributed by atoms with Gasteiger partial charge < -0.3 is 4.57 Å². The van der Waals surface area contributed by atoms with E-state index in [4.69, 9.17) is 0 Å². The number of halogens is 1. The van der Waals surface area contributed by atoms with Crippen molar-refractivity contribution in [1.82, 2.24) is 20.4 Å². The van der Waals surface area contributed by atoms with Gasteiger partial charge in [-0.15, -0.1) is 0 Å². The Morgan fingerprint density at radius 1 is 0.886 bits per heavy atom. The van der Waals surface area contributed by atoms with Crippen molar-refractivity contribution in [2.75, 3.05) is 4.72 Å². The maximum Gasteiger partial charge on any atom is 0.261 e. The van der Waals surface area contributed by atoms with Crippen LogP contribution in [0.5, 0.6) is 0 Å². The van der Waals surface area contributed by atoms with Gasteiger partial charge in [0, 0.05) is 12.7 Å². The van der Waals surface area contributed by atoms with Gasteiger partial charge in [0.15, 0.2) is 0 Å². The summed E-state index contributed by atoms with van der Waals surface area (Å²) in [5.74, 6) is -0.824. The number of sulfonamides is 1. The summed E-state index contributed by atoms with van der Waals surface area (Å²) in [5.41, 5.74) is 7.33. The molecule has 1 heterocycles. The van der Waals surface area contributed by atoms with Crippen LogP contribution in [0.15, 0.2) is 77.7 Å². The first-order valence-electron chi connectivity index (χ1n) is 10.6. The van der Waals surface area contributed by atoms with Crippen molar-refractivity contribution in [3.63, 3.8) is 0 Å². The number of hydrogen-bond donors (Lipinski definition) is 3. The van der Waals surface area contributed by atoms with Gasteiger partial charge in [-0.25, -0.2) is 17.8 Å². The molecule has 0 saturated heterocycles. The van der Waals surface area contributed by atoms with Crippen LogP contribution in [0.1, 0.15) is 11.4 Å². The number of para-hydroxylation sites is 2. The third kappa shape index (κ3) is 5.82. The summed E-state index contributed by atoms with van der Waals surface area (Å²) in [7, 11) is -2.05. The molecule has 180 valence electrons. The first kappa shape index (κ1) is 23.9. The molecule has 3 N–H and O–H groups in total. The van der Waals surface area contributed by atoms with E-state index in [9.17, 15) is 22.4 Å². The van der Waals surface area contributed by atoms with Crippen LogP contribution in [-0.2, 0) is 39.5 Å². The first-order valence-corrected chi connectivity index (χ1v) is 12.0. The van der Waals surface area contributed by atoms with Gasteiger partial charge >= 0.3 is 0 Å². The van der Waals surface area contributed by atoms with Crippen LogP contribution >= 0.6 is 0 Å². The highest BCUT2D eigenvalue weighted by Crippen LogP contribution is 2.17. The zero-order chi connectivity index (χ0) is 25.0. The number of carbonyl (C=O) groups excluding carboxylic acids is 2. The molecule has 0 saturated carbocycles. The Kier molecular flexibility index (Phi) is 6.78. The third-order valence-electron chi connectivity index (χ3n) is 5.23. The summed E-state index contributed by atoms with van der Waals surface area (Å²) in [6, 6.07) is 18.2. The monoisotopic (exact) mass is 495 g/mol. The molecule has 0 aliphatic rings. The Balaban J connectivity index is 1.28. The minimum atomic E-state index is -3.87. The van der Waals surface area contributed by atoms with Gasteiger partial charge in [-0.3, -0.25) is 25.2 Å². The fraction of sp³-hybridized carbons (Fsp3) is 0.125. The number of nitrogens with one attached hydrogen (secondary N) is 3. The Hall–Kier alpha value is -4.25. The summed E-state index contributed by atoms with van der Waals surface area (Å²) in [4.78, 5) is 28.8. The highest BCUT2D eigenvalue weighted by Gasteiger charge is 2.15. The number of fused-ring (bicyclic) bond motifs is 1. The van der Waals surface area contributed by atoms with E-state index in [1.165, 1.54) is 24.3 Å². The molecule has 4 rings (SSSR count). The summed E-state index contributed by atoms with van der Waals surface area (Å²) in [6.45, 7) is 0. The average molecular weight is 496 g/mol. The number of hydrogen-bond acceptors (Lipinski definition) is 5. The molecule has 0 radical (unpaired) electrons.